The smallest absolute Gasteiger partial charge is 0.127 e. The quantitative estimate of drug-likeness (QED) is 0.718. The van der Waals surface area contributed by atoms with Gasteiger partial charge in [-0.15, -0.1) is 0 Å². The number of pyridine rings is 1. The lowest BCUT2D eigenvalue weighted by Crippen LogP contribution is -2.07. The van der Waals surface area contributed by atoms with Crippen LogP contribution in [0.3, 0.4) is 0 Å². The maximum Gasteiger partial charge on any atom is 0.127 e. The summed E-state index contributed by atoms with van der Waals surface area (Å²) in [5.41, 5.74) is 8.76. The lowest BCUT2D eigenvalue weighted by Gasteiger charge is -2.13. The molecule has 1 rings (SSSR count). The van der Waals surface area contributed by atoms with Crippen molar-refractivity contribution in [3.8, 4) is 5.75 Å². The molecule has 0 fully saturated rings. The predicted octanol–water partition coefficient (Wildman–Crippen LogP) is 3.51. The molecule has 0 atom stereocenters. The molecule has 0 aliphatic rings. The minimum absolute atomic E-state index is 0.490. The third-order valence-corrected chi connectivity index (χ3v) is 3.13. The molecular weight excluding hydrogens is 224 g/mol. The fourth-order valence-corrected chi connectivity index (χ4v) is 2.08. The van der Waals surface area contributed by atoms with Gasteiger partial charge in [0.05, 0.1) is 6.61 Å². The third kappa shape index (κ3) is 4.65. The van der Waals surface area contributed by atoms with Crippen LogP contribution in [-0.2, 0) is 6.54 Å². The molecule has 0 aromatic carbocycles. The van der Waals surface area contributed by atoms with Crippen molar-refractivity contribution in [3.05, 3.63) is 23.0 Å². The maximum atomic E-state index is 5.85. The lowest BCUT2D eigenvalue weighted by molar-refractivity contribution is 0.300. The molecule has 18 heavy (non-hydrogen) atoms. The highest BCUT2D eigenvalue weighted by Crippen LogP contribution is 2.22. The Balaban J connectivity index is 2.46. The van der Waals surface area contributed by atoms with E-state index in [2.05, 4.69) is 11.9 Å². The number of nitrogens with zero attached hydrogens (tertiary/aromatic N) is 1. The second-order valence-electron chi connectivity index (χ2n) is 4.79. The van der Waals surface area contributed by atoms with E-state index < -0.39 is 0 Å². The third-order valence-electron chi connectivity index (χ3n) is 3.13. The molecular formula is C15H26N2O. The summed E-state index contributed by atoms with van der Waals surface area (Å²) in [6.45, 7) is 7.47. The van der Waals surface area contributed by atoms with Gasteiger partial charge in [0.15, 0.2) is 0 Å². The highest BCUT2D eigenvalue weighted by molar-refractivity contribution is 5.37. The van der Waals surface area contributed by atoms with E-state index >= 15 is 0 Å². The Morgan fingerprint density at radius 3 is 2.56 bits per heavy atom. The first kappa shape index (κ1) is 15.0. The molecule has 102 valence electrons. The van der Waals surface area contributed by atoms with Crippen molar-refractivity contribution in [1.82, 2.24) is 4.98 Å². The summed E-state index contributed by atoms with van der Waals surface area (Å²) in [5.74, 6) is 0.915. The van der Waals surface area contributed by atoms with Gasteiger partial charge in [0.2, 0.25) is 0 Å². The largest absolute Gasteiger partial charge is 0.493 e. The van der Waals surface area contributed by atoms with E-state index in [0.717, 1.165) is 35.7 Å². The van der Waals surface area contributed by atoms with E-state index in [-0.39, 0.29) is 0 Å². The molecule has 0 spiro atoms. The van der Waals surface area contributed by atoms with Crippen molar-refractivity contribution >= 4 is 0 Å². The molecule has 0 saturated carbocycles. The van der Waals surface area contributed by atoms with Gasteiger partial charge in [-0.3, -0.25) is 4.98 Å². The summed E-state index contributed by atoms with van der Waals surface area (Å²) < 4.78 is 5.85. The number of rotatable bonds is 8. The monoisotopic (exact) mass is 250 g/mol. The first-order valence-corrected chi connectivity index (χ1v) is 6.99. The van der Waals surface area contributed by atoms with Crippen LogP contribution < -0.4 is 10.5 Å². The molecule has 1 aromatic heterocycles. The summed E-state index contributed by atoms with van der Waals surface area (Å²) >= 11 is 0. The molecule has 0 unspecified atom stereocenters. The minimum atomic E-state index is 0.490. The van der Waals surface area contributed by atoms with E-state index in [1.54, 1.807) is 0 Å². The van der Waals surface area contributed by atoms with Gasteiger partial charge in [0.25, 0.3) is 0 Å². The van der Waals surface area contributed by atoms with Crippen molar-refractivity contribution in [1.29, 1.82) is 0 Å². The van der Waals surface area contributed by atoms with E-state index in [0.29, 0.717) is 6.54 Å². The van der Waals surface area contributed by atoms with E-state index in [1.807, 2.05) is 19.9 Å². The van der Waals surface area contributed by atoms with Crippen LogP contribution in [0.2, 0.25) is 0 Å². The molecule has 0 saturated heterocycles. The fraction of sp³-hybridized carbons (Fsp3) is 0.667. The Kier molecular flexibility index (Phi) is 6.73. The van der Waals surface area contributed by atoms with Crippen LogP contribution in [0.15, 0.2) is 6.07 Å². The molecule has 1 heterocycles. The second-order valence-corrected chi connectivity index (χ2v) is 4.79. The van der Waals surface area contributed by atoms with Crippen LogP contribution >= 0.6 is 0 Å². The second kappa shape index (κ2) is 8.09. The van der Waals surface area contributed by atoms with Crippen molar-refractivity contribution in [2.24, 2.45) is 5.73 Å². The Hall–Kier alpha value is -1.09. The number of hydrogen-bond donors (Lipinski definition) is 1. The Labute approximate surface area is 111 Å². The number of nitrogens with two attached hydrogens (primary N) is 1. The van der Waals surface area contributed by atoms with Gasteiger partial charge in [-0.05, 0) is 20.3 Å². The number of unbranched alkanes of at least 4 members (excludes halogenated alkanes) is 4. The highest BCUT2D eigenvalue weighted by atomic mass is 16.5. The number of hydrogen-bond acceptors (Lipinski definition) is 3. The Morgan fingerprint density at radius 2 is 1.89 bits per heavy atom. The molecule has 3 nitrogen and oxygen atoms in total. The van der Waals surface area contributed by atoms with Gasteiger partial charge in [0, 0.05) is 29.6 Å². The summed E-state index contributed by atoms with van der Waals surface area (Å²) in [5, 5.41) is 0. The average molecular weight is 250 g/mol. The Morgan fingerprint density at radius 1 is 1.17 bits per heavy atom. The van der Waals surface area contributed by atoms with E-state index in [4.69, 9.17) is 10.5 Å². The van der Waals surface area contributed by atoms with Crippen molar-refractivity contribution in [3.63, 3.8) is 0 Å². The lowest BCUT2D eigenvalue weighted by atomic mass is 10.1. The van der Waals surface area contributed by atoms with Crippen LogP contribution in [0, 0.1) is 13.8 Å². The molecule has 2 N–H and O–H groups in total. The van der Waals surface area contributed by atoms with Crippen molar-refractivity contribution in [2.75, 3.05) is 6.61 Å². The van der Waals surface area contributed by atoms with E-state index in [1.165, 1.54) is 25.7 Å². The van der Waals surface area contributed by atoms with Gasteiger partial charge >= 0.3 is 0 Å². The summed E-state index contributed by atoms with van der Waals surface area (Å²) in [6, 6.07) is 1.99. The van der Waals surface area contributed by atoms with Gasteiger partial charge in [-0.1, -0.05) is 32.6 Å². The summed E-state index contributed by atoms with van der Waals surface area (Å²) in [6.07, 6.45) is 6.26. The number of aromatic nitrogens is 1. The van der Waals surface area contributed by atoms with Crippen molar-refractivity contribution in [2.45, 2.75) is 59.4 Å². The number of ether oxygens (including phenoxy) is 1. The van der Waals surface area contributed by atoms with Gasteiger partial charge in [-0.2, -0.15) is 0 Å². The molecule has 3 heteroatoms. The van der Waals surface area contributed by atoms with Crippen LogP contribution in [0.4, 0.5) is 0 Å². The van der Waals surface area contributed by atoms with Gasteiger partial charge < -0.3 is 10.5 Å². The Bertz CT molecular complexity index is 364. The molecule has 1 aromatic rings. The van der Waals surface area contributed by atoms with Crippen molar-refractivity contribution < 1.29 is 4.74 Å². The molecule has 0 radical (unpaired) electrons. The van der Waals surface area contributed by atoms with Crippen LogP contribution in [0.25, 0.3) is 0 Å². The molecule has 0 bridgehead atoms. The van der Waals surface area contributed by atoms with Gasteiger partial charge in [-0.25, -0.2) is 0 Å². The normalized spacial score (nSPS) is 10.7. The topological polar surface area (TPSA) is 48.1 Å². The minimum Gasteiger partial charge on any atom is -0.493 e. The predicted molar refractivity (Wildman–Crippen MR) is 75.9 cm³/mol. The first-order chi connectivity index (χ1) is 8.69. The summed E-state index contributed by atoms with van der Waals surface area (Å²) in [4.78, 5) is 4.41. The zero-order chi connectivity index (χ0) is 13.4. The van der Waals surface area contributed by atoms with E-state index in [9.17, 15) is 0 Å². The standard InChI is InChI=1S/C15H26N2O/c1-4-5-6-7-8-9-18-15-10-12(2)17-13(3)14(15)11-16/h10H,4-9,11,16H2,1-3H3. The van der Waals surface area contributed by atoms with Crippen LogP contribution in [-0.4, -0.2) is 11.6 Å². The molecule has 0 aliphatic heterocycles. The van der Waals surface area contributed by atoms with Gasteiger partial charge in [0.1, 0.15) is 5.75 Å². The zero-order valence-corrected chi connectivity index (χ0v) is 12.0. The number of aryl methyl sites for hydroxylation is 2. The first-order valence-electron chi connectivity index (χ1n) is 6.99. The zero-order valence-electron chi connectivity index (χ0n) is 12.0. The molecule has 0 amide bonds. The highest BCUT2D eigenvalue weighted by Gasteiger charge is 2.07. The average Bonchev–Trinajstić information content (AvgIpc) is 2.33. The SMILES string of the molecule is CCCCCCCOc1cc(C)nc(C)c1CN. The maximum absolute atomic E-state index is 5.85. The fourth-order valence-electron chi connectivity index (χ4n) is 2.08. The molecule has 0 aliphatic carbocycles. The summed E-state index contributed by atoms with van der Waals surface area (Å²) in [7, 11) is 0. The van der Waals surface area contributed by atoms with Crippen LogP contribution in [0.5, 0.6) is 5.75 Å². The van der Waals surface area contributed by atoms with Crippen LogP contribution in [0.1, 0.15) is 56.0 Å².